The molecule has 104 valence electrons. The van der Waals surface area contributed by atoms with Crippen molar-refractivity contribution in [1.82, 2.24) is 0 Å². The molecular formula is C12H11ClF3NO2. The van der Waals surface area contributed by atoms with Gasteiger partial charge in [0, 0.05) is 17.8 Å². The molecular weight excluding hydrogens is 283 g/mol. The lowest BCUT2D eigenvalue weighted by atomic mass is 9.85. The van der Waals surface area contributed by atoms with Gasteiger partial charge in [-0.05, 0) is 30.2 Å². The van der Waals surface area contributed by atoms with Gasteiger partial charge in [0.2, 0.25) is 0 Å². The molecule has 1 heterocycles. The number of hydrogen-bond donors (Lipinski definition) is 1. The van der Waals surface area contributed by atoms with E-state index in [1.807, 2.05) is 0 Å². The number of carbonyl (C=O) groups is 1. The van der Waals surface area contributed by atoms with Gasteiger partial charge in [-0.1, -0.05) is 11.6 Å². The Morgan fingerprint density at radius 2 is 2.11 bits per heavy atom. The Kier molecular flexibility index (Phi) is 3.38. The van der Waals surface area contributed by atoms with Crippen molar-refractivity contribution in [3.05, 3.63) is 28.8 Å². The van der Waals surface area contributed by atoms with E-state index in [4.69, 9.17) is 16.7 Å². The standard InChI is InChI=1S/C12H11ClF3NO2/c1-17-9-3-2-7(13)4-6(9)5-8(11(18)19)10(17)12(14,15)16/h2-4,8,10H,5H2,1H3,(H,18,19). The van der Waals surface area contributed by atoms with E-state index < -0.39 is 24.1 Å². The fourth-order valence-electron chi connectivity index (χ4n) is 2.50. The third kappa shape index (κ3) is 2.49. The Hall–Kier alpha value is -1.43. The summed E-state index contributed by atoms with van der Waals surface area (Å²) in [4.78, 5) is 12.1. The molecule has 0 aliphatic carbocycles. The number of aliphatic carboxylic acids is 1. The molecule has 0 saturated carbocycles. The average Bonchev–Trinajstić information content (AvgIpc) is 2.25. The quantitative estimate of drug-likeness (QED) is 0.865. The molecule has 0 amide bonds. The first kappa shape index (κ1) is 14.0. The monoisotopic (exact) mass is 293 g/mol. The third-order valence-electron chi connectivity index (χ3n) is 3.31. The smallest absolute Gasteiger partial charge is 0.409 e. The summed E-state index contributed by atoms with van der Waals surface area (Å²) in [5.41, 5.74) is 0.882. The predicted molar refractivity (Wildman–Crippen MR) is 64.5 cm³/mol. The van der Waals surface area contributed by atoms with E-state index in [1.165, 1.54) is 25.2 Å². The van der Waals surface area contributed by atoms with E-state index in [0.29, 0.717) is 16.3 Å². The number of halogens is 4. The minimum atomic E-state index is -4.60. The topological polar surface area (TPSA) is 40.5 Å². The SMILES string of the molecule is CN1c2ccc(Cl)cc2CC(C(=O)O)C1C(F)(F)F. The lowest BCUT2D eigenvalue weighted by Gasteiger charge is -2.40. The summed E-state index contributed by atoms with van der Waals surface area (Å²) >= 11 is 5.79. The second-order valence-electron chi connectivity index (χ2n) is 4.52. The molecule has 0 spiro atoms. The van der Waals surface area contributed by atoms with E-state index in [0.717, 1.165) is 4.90 Å². The van der Waals surface area contributed by atoms with E-state index in [-0.39, 0.29) is 6.42 Å². The summed E-state index contributed by atoms with van der Waals surface area (Å²) in [6, 6.07) is 2.45. The Balaban J connectivity index is 2.52. The highest BCUT2D eigenvalue weighted by atomic mass is 35.5. The van der Waals surface area contributed by atoms with Crippen molar-refractivity contribution in [1.29, 1.82) is 0 Å². The third-order valence-corrected chi connectivity index (χ3v) is 3.55. The van der Waals surface area contributed by atoms with Crippen LogP contribution in [0.2, 0.25) is 5.02 Å². The molecule has 2 atom stereocenters. The molecule has 1 aliphatic rings. The minimum absolute atomic E-state index is 0.181. The van der Waals surface area contributed by atoms with Gasteiger partial charge in [0.15, 0.2) is 0 Å². The zero-order valence-electron chi connectivity index (χ0n) is 9.91. The van der Waals surface area contributed by atoms with E-state index >= 15 is 0 Å². The van der Waals surface area contributed by atoms with Crippen LogP contribution in [0.3, 0.4) is 0 Å². The van der Waals surface area contributed by atoms with Crippen LogP contribution >= 0.6 is 11.6 Å². The van der Waals surface area contributed by atoms with Gasteiger partial charge in [0.25, 0.3) is 0 Å². The van der Waals surface area contributed by atoms with Crippen molar-refractivity contribution < 1.29 is 23.1 Å². The normalized spacial score (nSPS) is 23.1. The number of rotatable bonds is 1. The molecule has 0 bridgehead atoms. The first-order chi connectivity index (χ1) is 8.71. The number of fused-ring (bicyclic) bond motifs is 1. The lowest BCUT2D eigenvalue weighted by molar-refractivity contribution is -0.174. The van der Waals surface area contributed by atoms with E-state index in [9.17, 15) is 18.0 Å². The van der Waals surface area contributed by atoms with Gasteiger partial charge in [0.1, 0.15) is 6.04 Å². The Morgan fingerprint density at radius 3 is 2.63 bits per heavy atom. The van der Waals surface area contributed by atoms with E-state index in [2.05, 4.69) is 0 Å². The maximum absolute atomic E-state index is 13.0. The van der Waals surface area contributed by atoms with Gasteiger partial charge < -0.3 is 10.0 Å². The van der Waals surface area contributed by atoms with Gasteiger partial charge in [-0.2, -0.15) is 13.2 Å². The van der Waals surface area contributed by atoms with Crippen LogP contribution in [0.15, 0.2) is 18.2 Å². The van der Waals surface area contributed by atoms with Crippen molar-refractivity contribution in [2.45, 2.75) is 18.6 Å². The molecule has 1 N–H and O–H groups in total. The van der Waals surface area contributed by atoms with Crippen LogP contribution < -0.4 is 4.90 Å². The van der Waals surface area contributed by atoms with Crippen molar-refractivity contribution in [2.24, 2.45) is 5.92 Å². The van der Waals surface area contributed by atoms with Gasteiger partial charge >= 0.3 is 12.1 Å². The molecule has 0 fully saturated rings. The summed E-state index contributed by atoms with van der Waals surface area (Å²) < 4.78 is 39.1. The van der Waals surface area contributed by atoms with Crippen molar-refractivity contribution >= 4 is 23.3 Å². The maximum Gasteiger partial charge on any atom is 0.409 e. The van der Waals surface area contributed by atoms with Crippen LogP contribution in [0.25, 0.3) is 0 Å². The number of nitrogens with zero attached hydrogens (tertiary/aromatic N) is 1. The summed E-state index contributed by atoms with van der Waals surface area (Å²) in [6.07, 6.45) is -4.78. The average molecular weight is 294 g/mol. The summed E-state index contributed by atoms with van der Waals surface area (Å²) in [6.45, 7) is 0. The van der Waals surface area contributed by atoms with Crippen LogP contribution in [0, 0.1) is 5.92 Å². The molecule has 3 nitrogen and oxygen atoms in total. The molecule has 19 heavy (non-hydrogen) atoms. The number of carboxylic acid groups (broad SMARTS) is 1. The minimum Gasteiger partial charge on any atom is -0.481 e. The van der Waals surface area contributed by atoms with Crippen LogP contribution in [-0.4, -0.2) is 30.3 Å². The maximum atomic E-state index is 13.0. The molecule has 1 aromatic rings. The highest BCUT2D eigenvalue weighted by Crippen LogP contribution is 2.41. The van der Waals surface area contributed by atoms with E-state index in [1.54, 1.807) is 0 Å². The Morgan fingerprint density at radius 1 is 1.47 bits per heavy atom. The van der Waals surface area contributed by atoms with Crippen LogP contribution in [0.1, 0.15) is 5.56 Å². The number of hydrogen-bond acceptors (Lipinski definition) is 2. The summed E-state index contributed by atoms with van der Waals surface area (Å²) in [7, 11) is 1.25. The van der Waals surface area contributed by atoms with Crippen LogP contribution in [0.4, 0.5) is 18.9 Å². The van der Waals surface area contributed by atoms with Gasteiger partial charge in [-0.3, -0.25) is 4.79 Å². The second-order valence-corrected chi connectivity index (χ2v) is 4.96. The van der Waals surface area contributed by atoms with Crippen LogP contribution in [-0.2, 0) is 11.2 Å². The van der Waals surface area contributed by atoms with Crippen LogP contribution in [0.5, 0.6) is 0 Å². The number of benzene rings is 1. The lowest BCUT2D eigenvalue weighted by Crippen LogP contribution is -2.54. The zero-order valence-corrected chi connectivity index (χ0v) is 10.7. The molecule has 2 unspecified atom stereocenters. The van der Waals surface area contributed by atoms with Gasteiger partial charge in [0.05, 0.1) is 5.92 Å². The predicted octanol–water partition coefficient (Wildman–Crippen LogP) is 2.96. The summed E-state index contributed by atoms with van der Waals surface area (Å²) in [5.74, 6) is -2.99. The fraction of sp³-hybridized carbons (Fsp3) is 0.417. The molecule has 1 aromatic carbocycles. The van der Waals surface area contributed by atoms with Gasteiger partial charge in [-0.15, -0.1) is 0 Å². The first-order valence-electron chi connectivity index (χ1n) is 5.52. The Bertz CT molecular complexity index is 518. The van der Waals surface area contributed by atoms with Crippen molar-refractivity contribution in [3.63, 3.8) is 0 Å². The first-order valence-corrected chi connectivity index (χ1v) is 5.90. The Labute approximate surface area is 112 Å². The van der Waals surface area contributed by atoms with Crippen molar-refractivity contribution in [3.8, 4) is 0 Å². The fourth-order valence-corrected chi connectivity index (χ4v) is 2.69. The number of carboxylic acids is 1. The summed E-state index contributed by atoms with van der Waals surface area (Å²) in [5, 5.41) is 9.40. The molecule has 2 rings (SSSR count). The highest BCUT2D eigenvalue weighted by molar-refractivity contribution is 6.30. The molecule has 7 heteroatoms. The largest absolute Gasteiger partial charge is 0.481 e. The second kappa shape index (κ2) is 4.59. The zero-order chi connectivity index (χ0) is 14.4. The highest BCUT2D eigenvalue weighted by Gasteiger charge is 2.52. The molecule has 1 aliphatic heterocycles. The molecule has 0 radical (unpaired) electrons. The number of alkyl halides is 3. The number of anilines is 1. The van der Waals surface area contributed by atoms with Crippen molar-refractivity contribution in [2.75, 3.05) is 11.9 Å². The van der Waals surface area contributed by atoms with Gasteiger partial charge in [-0.25, -0.2) is 0 Å². The molecule has 0 saturated heterocycles. The molecule has 0 aromatic heterocycles.